The molecule has 0 spiro atoms. The molecule has 0 aliphatic heterocycles. The molecule has 1 heterocycles. The van der Waals surface area contributed by atoms with Crippen LogP contribution in [-0.4, -0.2) is 0 Å². The molecule has 3 N–H and O–H groups in total. The molecule has 1 aromatic heterocycles. The van der Waals surface area contributed by atoms with Gasteiger partial charge < -0.3 is 0 Å². The van der Waals surface area contributed by atoms with Gasteiger partial charge in [-0.2, -0.15) is 0 Å². The minimum absolute atomic E-state index is 0.0886. The monoisotopic (exact) mass is 300 g/mol. The Bertz CT molecular complexity index is 724. The Hall–Kier alpha value is -1.75. The molecule has 0 saturated heterocycles. The van der Waals surface area contributed by atoms with Gasteiger partial charge in [0, 0.05) is 9.58 Å². The fourth-order valence-corrected chi connectivity index (χ4v) is 3.61. The highest BCUT2D eigenvalue weighted by Crippen LogP contribution is 2.32. The zero-order chi connectivity index (χ0) is 14.7. The zero-order valence-electron chi connectivity index (χ0n) is 11.6. The van der Waals surface area contributed by atoms with E-state index in [9.17, 15) is 4.39 Å². The second kappa shape index (κ2) is 6.35. The van der Waals surface area contributed by atoms with E-state index in [0.29, 0.717) is 0 Å². The Morgan fingerprint density at radius 3 is 2.67 bits per heavy atom. The van der Waals surface area contributed by atoms with Gasteiger partial charge >= 0.3 is 0 Å². The molecule has 1 unspecified atom stereocenters. The van der Waals surface area contributed by atoms with Crippen LogP contribution in [0.25, 0.3) is 10.1 Å². The number of hydrazine groups is 1. The Balaban J connectivity index is 1.78. The van der Waals surface area contributed by atoms with Crippen molar-refractivity contribution < 1.29 is 4.39 Å². The van der Waals surface area contributed by atoms with Crippen molar-refractivity contribution in [2.45, 2.75) is 18.9 Å². The van der Waals surface area contributed by atoms with E-state index in [1.54, 1.807) is 17.4 Å². The van der Waals surface area contributed by atoms with E-state index in [-0.39, 0.29) is 11.9 Å². The lowest BCUT2D eigenvalue weighted by Gasteiger charge is -2.13. The molecule has 4 heteroatoms. The normalized spacial score (nSPS) is 12.7. The number of hydrogen-bond donors (Lipinski definition) is 2. The number of hydrogen-bond acceptors (Lipinski definition) is 3. The lowest BCUT2D eigenvalue weighted by atomic mass is 10.0. The van der Waals surface area contributed by atoms with Gasteiger partial charge in [-0.15, -0.1) is 11.3 Å². The molecule has 3 aromatic rings. The summed E-state index contributed by atoms with van der Waals surface area (Å²) in [6.45, 7) is 0. The zero-order valence-corrected chi connectivity index (χ0v) is 12.4. The molecule has 0 radical (unpaired) electrons. The van der Waals surface area contributed by atoms with Crippen LogP contribution in [0, 0.1) is 5.82 Å². The summed E-state index contributed by atoms with van der Waals surface area (Å²) < 4.78 is 14.4. The molecular formula is C17H17FN2S. The minimum Gasteiger partial charge on any atom is -0.271 e. The summed E-state index contributed by atoms with van der Waals surface area (Å²) in [7, 11) is 0. The lowest BCUT2D eigenvalue weighted by Crippen LogP contribution is -2.27. The summed E-state index contributed by atoms with van der Waals surface area (Å²) in [6, 6.07) is 17.3. The van der Waals surface area contributed by atoms with Gasteiger partial charge in [-0.25, -0.2) is 4.39 Å². The van der Waals surface area contributed by atoms with Crippen LogP contribution >= 0.6 is 11.3 Å². The Morgan fingerprint density at radius 2 is 1.90 bits per heavy atom. The Kier molecular flexibility index (Phi) is 4.29. The topological polar surface area (TPSA) is 38.0 Å². The molecule has 0 bridgehead atoms. The first-order valence-electron chi connectivity index (χ1n) is 6.95. The van der Waals surface area contributed by atoms with Crippen LogP contribution in [0.4, 0.5) is 4.39 Å². The third-order valence-electron chi connectivity index (χ3n) is 3.61. The third-order valence-corrected chi connectivity index (χ3v) is 4.84. The van der Waals surface area contributed by atoms with Crippen molar-refractivity contribution in [1.29, 1.82) is 0 Å². The molecule has 0 aliphatic rings. The van der Waals surface area contributed by atoms with Gasteiger partial charge in [-0.1, -0.05) is 30.3 Å². The second-order valence-electron chi connectivity index (χ2n) is 5.07. The van der Waals surface area contributed by atoms with Crippen molar-refractivity contribution in [2.75, 3.05) is 0 Å². The van der Waals surface area contributed by atoms with Crippen LogP contribution in [0.1, 0.15) is 22.9 Å². The molecule has 2 aromatic carbocycles. The van der Waals surface area contributed by atoms with Crippen LogP contribution < -0.4 is 11.3 Å². The van der Waals surface area contributed by atoms with Crippen molar-refractivity contribution >= 4 is 21.4 Å². The van der Waals surface area contributed by atoms with Crippen molar-refractivity contribution in [1.82, 2.24) is 5.43 Å². The fourth-order valence-electron chi connectivity index (χ4n) is 2.47. The lowest BCUT2D eigenvalue weighted by molar-refractivity contribution is 0.524. The van der Waals surface area contributed by atoms with Crippen LogP contribution in [-0.2, 0) is 6.42 Å². The van der Waals surface area contributed by atoms with Gasteiger partial charge in [-0.3, -0.25) is 11.3 Å². The number of nitrogens with two attached hydrogens (primary N) is 1. The van der Waals surface area contributed by atoms with Crippen LogP contribution in [0.2, 0.25) is 0 Å². The van der Waals surface area contributed by atoms with E-state index in [1.165, 1.54) is 11.6 Å². The fraction of sp³-hybridized carbons (Fsp3) is 0.176. The number of halogens is 1. The maximum Gasteiger partial charge on any atom is 0.123 e. The summed E-state index contributed by atoms with van der Waals surface area (Å²) >= 11 is 1.66. The quantitative estimate of drug-likeness (QED) is 0.548. The second-order valence-corrected chi connectivity index (χ2v) is 6.19. The van der Waals surface area contributed by atoms with Crippen molar-refractivity contribution in [3.05, 3.63) is 70.9 Å². The summed E-state index contributed by atoms with van der Waals surface area (Å²) in [6.07, 6.45) is 1.87. The van der Waals surface area contributed by atoms with E-state index in [1.807, 2.05) is 30.3 Å². The summed E-state index contributed by atoms with van der Waals surface area (Å²) in [5, 5.41) is 0.940. The highest BCUT2D eigenvalue weighted by Gasteiger charge is 2.13. The van der Waals surface area contributed by atoms with Gasteiger partial charge in [0.1, 0.15) is 5.82 Å². The van der Waals surface area contributed by atoms with Gasteiger partial charge in [0.05, 0.1) is 6.04 Å². The van der Waals surface area contributed by atoms with E-state index >= 15 is 0 Å². The van der Waals surface area contributed by atoms with Crippen molar-refractivity contribution in [3.8, 4) is 0 Å². The third kappa shape index (κ3) is 3.29. The number of fused-ring (bicyclic) bond motifs is 1. The number of nitrogens with one attached hydrogen (secondary N) is 1. The first-order chi connectivity index (χ1) is 10.3. The van der Waals surface area contributed by atoms with Gasteiger partial charge in [0.2, 0.25) is 0 Å². The maximum atomic E-state index is 13.3. The minimum atomic E-state index is -0.201. The molecule has 2 nitrogen and oxygen atoms in total. The molecule has 3 rings (SSSR count). The van der Waals surface area contributed by atoms with Crippen molar-refractivity contribution in [2.24, 2.45) is 5.84 Å². The highest BCUT2D eigenvalue weighted by atomic mass is 32.1. The van der Waals surface area contributed by atoms with Crippen LogP contribution in [0.15, 0.2) is 54.6 Å². The molecule has 0 aliphatic carbocycles. The molecule has 0 fully saturated rings. The number of benzene rings is 2. The van der Waals surface area contributed by atoms with Crippen molar-refractivity contribution in [3.63, 3.8) is 0 Å². The smallest absolute Gasteiger partial charge is 0.123 e. The largest absolute Gasteiger partial charge is 0.271 e. The molecule has 21 heavy (non-hydrogen) atoms. The van der Waals surface area contributed by atoms with Gasteiger partial charge in [0.15, 0.2) is 0 Å². The number of rotatable bonds is 5. The summed E-state index contributed by atoms with van der Waals surface area (Å²) in [5.74, 6) is 5.50. The van der Waals surface area contributed by atoms with E-state index in [4.69, 9.17) is 5.84 Å². The first-order valence-corrected chi connectivity index (χ1v) is 7.77. The van der Waals surface area contributed by atoms with E-state index in [2.05, 4.69) is 17.6 Å². The predicted molar refractivity (Wildman–Crippen MR) is 86.6 cm³/mol. The molecule has 108 valence electrons. The van der Waals surface area contributed by atoms with Gasteiger partial charge in [-0.05, 0) is 48.1 Å². The Labute approximate surface area is 127 Å². The Morgan fingerprint density at radius 1 is 1.10 bits per heavy atom. The van der Waals surface area contributed by atoms with Gasteiger partial charge in [0.25, 0.3) is 0 Å². The van der Waals surface area contributed by atoms with Crippen LogP contribution in [0.5, 0.6) is 0 Å². The number of thiophene rings is 1. The maximum absolute atomic E-state index is 13.3. The van der Waals surface area contributed by atoms with E-state index in [0.717, 1.165) is 27.8 Å². The molecule has 0 saturated carbocycles. The average molecular weight is 300 g/mol. The van der Waals surface area contributed by atoms with E-state index < -0.39 is 0 Å². The first kappa shape index (κ1) is 14.2. The standard InChI is InChI=1S/C17H17FN2S/c18-14-7-9-16-13(10-14)11-17(21-16)15(20-19)8-6-12-4-2-1-3-5-12/h1-5,7,9-11,15,20H,6,8,19H2. The molecule has 0 amide bonds. The van der Waals surface area contributed by atoms with Crippen LogP contribution in [0.3, 0.4) is 0 Å². The summed E-state index contributed by atoms with van der Waals surface area (Å²) in [5.41, 5.74) is 4.18. The molecule has 1 atom stereocenters. The molecular weight excluding hydrogens is 283 g/mol. The average Bonchev–Trinajstić information content (AvgIpc) is 2.92. The number of aryl methyl sites for hydroxylation is 1. The SMILES string of the molecule is NNC(CCc1ccccc1)c1cc2cc(F)ccc2s1. The highest BCUT2D eigenvalue weighted by molar-refractivity contribution is 7.19. The summed E-state index contributed by atoms with van der Waals surface area (Å²) in [4.78, 5) is 1.15. The predicted octanol–water partition coefficient (Wildman–Crippen LogP) is 4.18.